The molecule has 1 nitrogen and oxygen atoms in total. The van der Waals surface area contributed by atoms with Gasteiger partial charge in [-0.2, -0.15) is 0 Å². The van der Waals surface area contributed by atoms with E-state index in [4.69, 9.17) is 0 Å². The molecule has 1 heterocycles. The first-order valence-corrected chi connectivity index (χ1v) is 6.36. The van der Waals surface area contributed by atoms with Crippen LogP contribution in [0.15, 0.2) is 30.3 Å². The van der Waals surface area contributed by atoms with Crippen LogP contribution in [0.4, 0.5) is 5.69 Å². The molecule has 0 saturated heterocycles. The molecule has 3 rings (SSSR count). The van der Waals surface area contributed by atoms with Gasteiger partial charge in [0.1, 0.15) is 0 Å². The van der Waals surface area contributed by atoms with Gasteiger partial charge in [0.2, 0.25) is 0 Å². The van der Waals surface area contributed by atoms with Crippen molar-refractivity contribution < 1.29 is 0 Å². The predicted octanol–water partition coefficient (Wildman–Crippen LogP) is 4.22. The fourth-order valence-electron chi connectivity index (χ4n) is 3.18. The second-order valence-electron chi connectivity index (χ2n) is 5.21. The molecule has 0 amide bonds. The normalized spacial score (nSPS) is 22.2. The van der Waals surface area contributed by atoms with Crippen molar-refractivity contribution >= 4 is 11.3 Å². The van der Waals surface area contributed by atoms with Crippen LogP contribution in [0.3, 0.4) is 0 Å². The van der Waals surface area contributed by atoms with Crippen molar-refractivity contribution in [3.8, 4) is 0 Å². The SMILES string of the molecule is CC1=CC2(CCCCC2)Nc2ccccc21. The highest BCUT2D eigenvalue weighted by molar-refractivity contribution is 5.80. The van der Waals surface area contributed by atoms with Gasteiger partial charge in [0, 0.05) is 11.3 Å². The van der Waals surface area contributed by atoms with Crippen LogP contribution in [0.25, 0.3) is 5.57 Å². The molecule has 1 aromatic rings. The molecule has 0 atom stereocenters. The topological polar surface area (TPSA) is 12.0 Å². The number of para-hydroxylation sites is 1. The van der Waals surface area contributed by atoms with E-state index in [0.29, 0.717) is 0 Å². The van der Waals surface area contributed by atoms with Crippen LogP contribution in [0, 0.1) is 0 Å². The Morgan fingerprint density at radius 1 is 1.06 bits per heavy atom. The lowest BCUT2D eigenvalue weighted by Crippen LogP contribution is -2.40. The summed E-state index contributed by atoms with van der Waals surface area (Å²) in [6.45, 7) is 2.25. The third kappa shape index (κ3) is 1.55. The molecule has 16 heavy (non-hydrogen) atoms. The Bertz CT molecular complexity index is 425. The van der Waals surface area contributed by atoms with Crippen molar-refractivity contribution in [3.05, 3.63) is 35.9 Å². The lowest BCUT2D eigenvalue weighted by atomic mass is 9.77. The Morgan fingerprint density at radius 2 is 1.81 bits per heavy atom. The average molecular weight is 213 g/mol. The zero-order chi connectivity index (χ0) is 11.0. The van der Waals surface area contributed by atoms with Gasteiger partial charge in [-0.05, 0) is 31.4 Å². The van der Waals surface area contributed by atoms with Gasteiger partial charge in [-0.25, -0.2) is 0 Å². The summed E-state index contributed by atoms with van der Waals surface area (Å²) < 4.78 is 0. The molecule has 1 N–H and O–H groups in total. The lowest BCUT2D eigenvalue weighted by Gasteiger charge is -2.40. The van der Waals surface area contributed by atoms with E-state index in [1.54, 1.807) is 0 Å². The highest BCUT2D eigenvalue weighted by Gasteiger charge is 2.32. The van der Waals surface area contributed by atoms with Crippen LogP contribution in [-0.4, -0.2) is 5.54 Å². The Hall–Kier alpha value is -1.24. The van der Waals surface area contributed by atoms with Gasteiger partial charge in [-0.1, -0.05) is 43.5 Å². The van der Waals surface area contributed by atoms with E-state index in [1.807, 2.05) is 0 Å². The zero-order valence-electron chi connectivity index (χ0n) is 9.92. The third-order valence-electron chi connectivity index (χ3n) is 3.97. The van der Waals surface area contributed by atoms with E-state index < -0.39 is 0 Å². The Balaban J connectivity index is 2.01. The largest absolute Gasteiger partial charge is 0.376 e. The minimum Gasteiger partial charge on any atom is -0.376 e. The monoisotopic (exact) mass is 213 g/mol. The smallest absolute Gasteiger partial charge is 0.0562 e. The molecule has 0 radical (unpaired) electrons. The fourth-order valence-corrected chi connectivity index (χ4v) is 3.18. The minimum atomic E-state index is 0.261. The summed E-state index contributed by atoms with van der Waals surface area (Å²) in [5, 5.41) is 3.77. The molecule has 0 unspecified atom stereocenters. The standard InChI is InChI=1S/C15H19N/c1-12-11-15(9-5-2-6-10-15)16-14-8-4-3-7-13(12)14/h3-4,7-8,11,16H,2,5-6,9-10H2,1H3. The van der Waals surface area contributed by atoms with Crippen LogP contribution in [0.2, 0.25) is 0 Å². The average Bonchev–Trinajstić information content (AvgIpc) is 2.30. The van der Waals surface area contributed by atoms with E-state index in [9.17, 15) is 0 Å². The summed E-state index contributed by atoms with van der Waals surface area (Å²) in [6.07, 6.45) is 9.17. The van der Waals surface area contributed by atoms with Crippen molar-refractivity contribution in [2.45, 2.75) is 44.6 Å². The predicted molar refractivity (Wildman–Crippen MR) is 69.5 cm³/mol. The summed E-state index contributed by atoms with van der Waals surface area (Å²) in [4.78, 5) is 0. The molecule has 84 valence electrons. The van der Waals surface area contributed by atoms with Gasteiger partial charge in [0.15, 0.2) is 0 Å². The highest BCUT2D eigenvalue weighted by atomic mass is 15.0. The van der Waals surface area contributed by atoms with Crippen LogP contribution in [0.5, 0.6) is 0 Å². The first-order chi connectivity index (χ1) is 7.79. The molecule has 2 aliphatic rings. The third-order valence-corrected chi connectivity index (χ3v) is 3.97. The molecular formula is C15H19N. The van der Waals surface area contributed by atoms with Crippen LogP contribution in [0.1, 0.15) is 44.6 Å². The minimum absolute atomic E-state index is 0.261. The summed E-state index contributed by atoms with van der Waals surface area (Å²) in [7, 11) is 0. The summed E-state index contributed by atoms with van der Waals surface area (Å²) in [5.74, 6) is 0. The number of allylic oxidation sites excluding steroid dienone is 1. The molecule has 1 spiro atoms. The van der Waals surface area contributed by atoms with Gasteiger partial charge in [0.25, 0.3) is 0 Å². The number of hydrogen-bond acceptors (Lipinski definition) is 1. The van der Waals surface area contributed by atoms with Gasteiger partial charge in [0.05, 0.1) is 5.54 Å². The Labute approximate surface area is 97.6 Å². The summed E-state index contributed by atoms with van der Waals surface area (Å²) in [6, 6.07) is 8.67. The van der Waals surface area contributed by atoms with Crippen molar-refractivity contribution in [1.82, 2.24) is 0 Å². The lowest BCUT2D eigenvalue weighted by molar-refractivity contribution is 0.383. The van der Waals surface area contributed by atoms with Crippen LogP contribution >= 0.6 is 0 Å². The first-order valence-electron chi connectivity index (χ1n) is 6.36. The maximum Gasteiger partial charge on any atom is 0.0562 e. The Morgan fingerprint density at radius 3 is 2.62 bits per heavy atom. The highest BCUT2D eigenvalue weighted by Crippen LogP contribution is 2.40. The zero-order valence-corrected chi connectivity index (χ0v) is 9.92. The van der Waals surface area contributed by atoms with Gasteiger partial charge in [-0.3, -0.25) is 0 Å². The van der Waals surface area contributed by atoms with Crippen molar-refractivity contribution in [1.29, 1.82) is 0 Å². The molecule has 1 aliphatic heterocycles. The fraction of sp³-hybridized carbons (Fsp3) is 0.467. The number of anilines is 1. The van der Waals surface area contributed by atoms with E-state index in [-0.39, 0.29) is 5.54 Å². The van der Waals surface area contributed by atoms with Crippen molar-refractivity contribution in [2.75, 3.05) is 5.32 Å². The maximum atomic E-state index is 3.77. The molecule has 1 aliphatic carbocycles. The van der Waals surface area contributed by atoms with Gasteiger partial charge < -0.3 is 5.32 Å². The number of nitrogens with one attached hydrogen (secondary N) is 1. The quantitative estimate of drug-likeness (QED) is 0.680. The maximum absolute atomic E-state index is 3.77. The summed E-state index contributed by atoms with van der Waals surface area (Å²) in [5.41, 5.74) is 4.40. The molecule has 0 bridgehead atoms. The number of hydrogen-bond donors (Lipinski definition) is 1. The van der Waals surface area contributed by atoms with E-state index in [2.05, 4.69) is 42.6 Å². The van der Waals surface area contributed by atoms with E-state index in [0.717, 1.165) is 0 Å². The van der Waals surface area contributed by atoms with Crippen LogP contribution < -0.4 is 5.32 Å². The van der Waals surface area contributed by atoms with E-state index >= 15 is 0 Å². The molecule has 1 heteroatoms. The summed E-state index contributed by atoms with van der Waals surface area (Å²) >= 11 is 0. The van der Waals surface area contributed by atoms with Gasteiger partial charge in [-0.15, -0.1) is 0 Å². The molecular weight excluding hydrogens is 194 g/mol. The van der Waals surface area contributed by atoms with E-state index in [1.165, 1.54) is 48.9 Å². The number of benzene rings is 1. The van der Waals surface area contributed by atoms with Gasteiger partial charge >= 0.3 is 0 Å². The van der Waals surface area contributed by atoms with Crippen LogP contribution in [-0.2, 0) is 0 Å². The Kier molecular flexibility index (Phi) is 2.27. The van der Waals surface area contributed by atoms with Crippen molar-refractivity contribution in [2.24, 2.45) is 0 Å². The molecule has 0 aromatic heterocycles. The molecule has 1 fully saturated rings. The molecule has 1 saturated carbocycles. The second kappa shape index (κ2) is 3.65. The first kappa shape index (κ1) is 9.95. The van der Waals surface area contributed by atoms with Crippen molar-refractivity contribution in [3.63, 3.8) is 0 Å². The second-order valence-corrected chi connectivity index (χ2v) is 5.21. The number of rotatable bonds is 0. The number of fused-ring (bicyclic) bond motifs is 1. The molecule has 1 aromatic carbocycles.